The average Bonchev–Trinajstić information content (AvgIpc) is 2.87. The third-order valence-corrected chi connectivity index (χ3v) is 4.91. The highest BCUT2D eigenvalue weighted by Crippen LogP contribution is 2.25. The van der Waals surface area contributed by atoms with Gasteiger partial charge in [0.05, 0.1) is 35.4 Å². The summed E-state index contributed by atoms with van der Waals surface area (Å²) in [4.78, 5) is 68.2. The number of fused-ring (bicyclic) bond motifs is 1. The maximum Gasteiger partial charge on any atom is 0.355 e. The fourth-order valence-corrected chi connectivity index (χ4v) is 3.29. The summed E-state index contributed by atoms with van der Waals surface area (Å²) < 4.78 is 10.0. The summed E-state index contributed by atoms with van der Waals surface area (Å²) in [5.41, 5.74) is -2.48. The summed E-state index contributed by atoms with van der Waals surface area (Å²) in [7, 11) is 0.991. The van der Waals surface area contributed by atoms with Crippen molar-refractivity contribution >= 4 is 45.8 Å². The quantitative estimate of drug-likeness (QED) is 0.0955. The van der Waals surface area contributed by atoms with E-state index < -0.39 is 45.5 Å². The number of hydrogen-bond donors (Lipinski definition) is 3. The Kier molecular flexibility index (Phi) is 7.69. The van der Waals surface area contributed by atoms with E-state index in [2.05, 4.69) is 25.1 Å². The molecule has 0 bridgehead atoms. The van der Waals surface area contributed by atoms with Crippen molar-refractivity contribution in [2.24, 2.45) is 10.9 Å². The number of benzene rings is 2. The van der Waals surface area contributed by atoms with Crippen LogP contribution in [0, 0.1) is 10.1 Å². The third kappa shape index (κ3) is 5.16. The van der Waals surface area contributed by atoms with Gasteiger partial charge in [0.15, 0.2) is 5.71 Å². The molecule has 0 saturated heterocycles. The molecule has 0 unspecified atom stereocenters. The fourth-order valence-electron chi connectivity index (χ4n) is 3.29. The molecule has 0 spiro atoms. The first-order valence-electron chi connectivity index (χ1n) is 10.3. The number of para-hydroxylation sites is 2. The molecule has 0 aliphatic rings. The standard InChI is InChI=1S/C22H20N6O8/c1-3-36-15-7-5-4-6-13(15)25-21(31)19(29)16(18(27-23)22(32)35-2)17-20(30)26-14-10-11(28(33)34)8-9-12(14)24-17/h4-10,16H,3,23H2,1-2H3,(H,25,31)(H,26,30)/b27-18-/t16-/m1/s1. The minimum atomic E-state index is -1.95. The number of nitrogens with two attached hydrogens (primary N) is 1. The summed E-state index contributed by atoms with van der Waals surface area (Å²) in [6.45, 7) is 2.01. The fraction of sp³-hybridized carbons (Fsp3) is 0.182. The molecule has 0 aliphatic heterocycles. The Morgan fingerprint density at radius 3 is 2.61 bits per heavy atom. The van der Waals surface area contributed by atoms with Crippen molar-refractivity contribution in [1.82, 2.24) is 9.97 Å². The molecule has 0 aliphatic carbocycles. The number of aromatic amines is 1. The van der Waals surface area contributed by atoms with Crippen LogP contribution in [0.25, 0.3) is 11.0 Å². The molecule has 2 aromatic carbocycles. The summed E-state index contributed by atoms with van der Waals surface area (Å²) >= 11 is 0. The van der Waals surface area contributed by atoms with Crippen molar-refractivity contribution in [2.45, 2.75) is 12.8 Å². The van der Waals surface area contributed by atoms with Crippen LogP contribution < -0.4 is 21.5 Å². The molecule has 4 N–H and O–H groups in total. The second-order valence-corrected chi connectivity index (χ2v) is 7.10. The number of ketones is 1. The zero-order valence-corrected chi connectivity index (χ0v) is 19.0. The normalized spacial score (nSPS) is 12.0. The van der Waals surface area contributed by atoms with Crippen molar-refractivity contribution < 1.29 is 28.8 Å². The first kappa shape index (κ1) is 25.5. The number of amides is 1. The van der Waals surface area contributed by atoms with Crippen molar-refractivity contribution in [1.29, 1.82) is 0 Å². The van der Waals surface area contributed by atoms with Crippen LogP contribution in [0.2, 0.25) is 0 Å². The highest BCUT2D eigenvalue weighted by Gasteiger charge is 2.39. The zero-order valence-electron chi connectivity index (χ0n) is 19.0. The number of ether oxygens (including phenoxy) is 2. The highest BCUT2D eigenvalue weighted by atomic mass is 16.6. The van der Waals surface area contributed by atoms with Gasteiger partial charge in [-0.3, -0.25) is 24.5 Å². The number of Topliss-reactive ketones (excluding diaryl/α,β-unsaturated/α-hetero) is 1. The number of nitrogens with zero attached hydrogens (tertiary/aromatic N) is 3. The molecule has 14 heteroatoms. The predicted molar refractivity (Wildman–Crippen MR) is 127 cm³/mol. The minimum absolute atomic E-state index is 0.0106. The van der Waals surface area contributed by atoms with Crippen LogP contribution in [0.5, 0.6) is 5.75 Å². The van der Waals surface area contributed by atoms with Crippen molar-refractivity contribution in [3.63, 3.8) is 0 Å². The lowest BCUT2D eigenvalue weighted by atomic mass is 9.93. The number of non-ortho nitro benzene ring substituents is 1. The van der Waals surface area contributed by atoms with Gasteiger partial charge in [0.25, 0.3) is 17.2 Å². The predicted octanol–water partition coefficient (Wildman–Crippen LogP) is 1.01. The largest absolute Gasteiger partial charge is 0.492 e. The smallest absolute Gasteiger partial charge is 0.355 e. The Labute approximate surface area is 202 Å². The number of hydrogen-bond acceptors (Lipinski definition) is 11. The summed E-state index contributed by atoms with van der Waals surface area (Å²) in [6.07, 6.45) is 0. The van der Waals surface area contributed by atoms with Crippen LogP contribution in [0.3, 0.4) is 0 Å². The number of carbonyl (C=O) groups is 3. The molecule has 14 nitrogen and oxygen atoms in total. The van der Waals surface area contributed by atoms with Crippen LogP contribution >= 0.6 is 0 Å². The SMILES string of the molecule is CCOc1ccccc1NC(=O)C(=O)[C@@H](/C(=N/N)C(=O)OC)c1nc2ccc([N+](=O)[O-])cc2[nH]c1=O. The van der Waals surface area contributed by atoms with Gasteiger partial charge in [-0.05, 0) is 25.1 Å². The van der Waals surface area contributed by atoms with Gasteiger partial charge in [0.1, 0.15) is 17.4 Å². The second-order valence-electron chi connectivity index (χ2n) is 7.10. The van der Waals surface area contributed by atoms with E-state index in [0.717, 1.165) is 19.2 Å². The van der Waals surface area contributed by atoms with Gasteiger partial charge in [-0.2, -0.15) is 5.10 Å². The lowest BCUT2D eigenvalue weighted by Crippen LogP contribution is -2.40. The molecule has 1 aromatic heterocycles. The molecule has 0 radical (unpaired) electrons. The Morgan fingerprint density at radius 1 is 1.25 bits per heavy atom. The van der Waals surface area contributed by atoms with E-state index in [1.54, 1.807) is 25.1 Å². The topological polar surface area (TPSA) is 209 Å². The molecular weight excluding hydrogens is 476 g/mol. The Balaban J connectivity index is 2.11. The Bertz CT molecular complexity index is 1450. The third-order valence-electron chi connectivity index (χ3n) is 4.91. The Hall–Kier alpha value is -5.14. The van der Waals surface area contributed by atoms with Gasteiger partial charge in [-0.1, -0.05) is 12.1 Å². The van der Waals surface area contributed by atoms with E-state index in [4.69, 9.17) is 10.6 Å². The molecule has 1 heterocycles. The molecule has 0 saturated carbocycles. The summed E-state index contributed by atoms with van der Waals surface area (Å²) in [5.74, 6) is -0.0423. The van der Waals surface area contributed by atoms with Gasteiger partial charge in [0.2, 0.25) is 5.78 Å². The average molecular weight is 496 g/mol. The number of nitro benzene ring substituents is 1. The summed E-state index contributed by atoms with van der Waals surface area (Å²) in [5, 5.41) is 16.7. The molecule has 186 valence electrons. The molecule has 3 aromatic rings. The molecular formula is C22H20N6O8. The maximum absolute atomic E-state index is 13.3. The van der Waals surface area contributed by atoms with Crippen LogP contribution in [0.4, 0.5) is 11.4 Å². The molecule has 3 rings (SSSR count). The van der Waals surface area contributed by atoms with Gasteiger partial charge in [-0.25, -0.2) is 9.78 Å². The number of methoxy groups -OCH3 is 1. The van der Waals surface area contributed by atoms with Crippen molar-refractivity contribution in [3.05, 3.63) is 68.6 Å². The number of rotatable bonds is 9. The van der Waals surface area contributed by atoms with E-state index in [1.165, 1.54) is 12.1 Å². The molecule has 36 heavy (non-hydrogen) atoms. The van der Waals surface area contributed by atoms with E-state index in [1.807, 2.05) is 0 Å². The molecule has 1 atom stereocenters. The first-order valence-corrected chi connectivity index (χ1v) is 10.3. The number of anilines is 1. The summed E-state index contributed by atoms with van der Waals surface area (Å²) in [6, 6.07) is 9.73. The van der Waals surface area contributed by atoms with E-state index in [9.17, 15) is 29.3 Å². The zero-order chi connectivity index (χ0) is 26.4. The number of nitrogens with one attached hydrogen (secondary N) is 2. The lowest BCUT2D eigenvalue weighted by Gasteiger charge is -2.16. The minimum Gasteiger partial charge on any atom is -0.492 e. The van der Waals surface area contributed by atoms with Gasteiger partial charge < -0.3 is 25.6 Å². The van der Waals surface area contributed by atoms with Crippen LogP contribution in [-0.4, -0.2) is 52.0 Å². The van der Waals surface area contributed by atoms with Crippen LogP contribution in [0.15, 0.2) is 52.4 Å². The number of carbonyl (C=O) groups excluding carboxylic acids is 3. The Morgan fingerprint density at radius 2 is 1.97 bits per heavy atom. The highest BCUT2D eigenvalue weighted by molar-refractivity contribution is 6.53. The number of nitro groups is 1. The van der Waals surface area contributed by atoms with E-state index >= 15 is 0 Å². The number of esters is 1. The van der Waals surface area contributed by atoms with Crippen molar-refractivity contribution in [3.8, 4) is 5.75 Å². The van der Waals surface area contributed by atoms with Crippen LogP contribution in [0.1, 0.15) is 18.5 Å². The van der Waals surface area contributed by atoms with Gasteiger partial charge in [-0.15, -0.1) is 0 Å². The van der Waals surface area contributed by atoms with E-state index in [-0.39, 0.29) is 34.8 Å². The maximum atomic E-state index is 13.3. The van der Waals surface area contributed by atoms with Crippen molar-refractivity contribution in [2.75, 3.05) is 19.0 Å². The van der Waals surface area contributed by atoms with E-state index in [0.29, 0.717) is 0 Å². The lowest BCUT2D eigenvalue weighted by molar-refractivity contribution is -0.384. The number of aromatic nitrogens is 2. The van der Waals surface area contributed by atoms with Gasteiger partial charge >= 0.3 is 5.97 Å². The first-order chi connectivity index (χ1) is 17.2. The monoisotopic (exact) mass is 496 g/mol. The number of H-pyrrole nitrogens is 1. The number of hydrazone groups is 1. The van der Waals surface area contributed by atoms with Gasteiger partial charge in [0, 0.05) is 12.1 Å². The molecule has 1 amide bonds. The van der Waals surface area contributed by atoms with Crippen LogP contribution in [-0.2, 0) is 19.1 Å². The second kappa shape index (κ2) is 10.9. The molecule has 0 fully saturated rings.